The highest BCUT2D eigenvalue weighted by molar-refractivity contribution is 5.69. The Hall–Kier alpha value is -1.75. The van der Waals surface area contributed by atoms with Gasteiger partial charge in [0.05, 0.1) is 26.9 Å². The predicted molar refractivity (Wildman–Crippen MR) is 75.0 cm³/mol. The highest BCUT2D eigenvalue weighted by atomic mass is 16.5. The number of aliphatic hydroxyl groups excluding tert-OH is 1. The average Bonchev–Trinajstić information content (AvgIpc) is 2.49. The molecule has 1 aromatic rings. The molecule has 0 saturated carbocycles. The van der Waals surface area contributed by atoms with Crippen molar-refractivity contribution in [3.05, 3.63) is 23.8 Å². The molecule has 0 aliphatic rings. The summed E-state index contributed by atoms with van der Waals surface area (Å²) >= 11 is 0. The van der Waals surface area contributed by atoms with E-state index in [-0.39, 0.29) is 12.4 Å². The molecule has 112 valence electrons. The number of carbonyl (C=O) groups is 1. The van der Waals surface area contributed by atoms with Gasteiger partial charge < -0.3 is 19.3 Å². The second-order valence-corrected chi connectivity index (χ2v) is 4.42. The van der Waals surface area contributed by atoms with Crippen LogP contribution in [0.5, 0.6) is 11.5 Å². The first-order valence-corrected chi connectivity index (χ1v) is 6.67. The maximum atomic E-state index is 11.4. The molecule has 0 aliphatic heterocycles. The fourth-order valence-corrected chi connectivity index (χ4v) is 1.73. The molecule has 0 spiro atoms. The monoisotopic (exact) mass is 282 g/mol. The Kier molecular flexibility index (Phi) is 6.87. The number of benzene rings is 1. The second-order valence-electron chi connectivity index (χ2n) is 4.42. The zero-order valence-electron chi connectivity index (χ0n) is 12.2. The first-order chi connectivity index (χ1) is 9.60. The zero-order chi connectivity index (χ0) is 15.0. The van der Waals surface area contributed by atoms with Crippen LogP contribution in [0.2, 0.25) is 0 Å². The van der Waals surface area contributed by atoms with E-state index in [1.807, 2.05) is 6.92 Å². The smallest absolute Gasteiger partial charge is 0.305 e. The van der Waals surface area contributed by atoms with Crippen LogP contribution in [-0.4, -0.2) is 31.9 Å². The highest BCUT2D eigenvalue weighted by Gasteiger charge is 2.13. The normalized spacial score (nSPS) is 11.8. The minimum atomic E-state index is -0.756. The van der Waals surface area contributed by atoms with Gasteiger partial charge in [-0.3, -0.25) is 4.79 Å². The lowest BCUT2D eigenvalue weighted by molar-refractivity contribution is -0.144. The van der Waals surface area contributed by atoms with Gasteiger partial charge in [0.25, 0.3) is 0 Å². The Morgan fingerprint density at radius 2 is 1.80 bits per heavy atom. The molecular formula is C15H22O5. The number of methoxy groups -OCH3 is 2. The molecule has 1 unspecified atom stereocenters. The Morgan fingerprint density at radius 1 is 1.20 bits per heavy atom. The predicted octanol–water partition coefficient (Wildman–Crippen LogP) is 2.47. The maximum absolute atomic E-state index is 11.4. The lowest BCUT2D eigenvalue weighted by Gasteiger charge is -2.13. The van der Waals surface area contributed by atoms with Gasteiger partial charge >= 0.3 is 5.97 Å². The van der Waals surface area contributed by atoms with E-state index in [2.05, 4.69) is 0 Å². The van der Waals surface area contributed by atoms with Crippen LogP contribution in [0.4, 0.5) is 0 Å². The van der Waals surface area contributed by atoms with Gasteiger partial charge in [0.1, 0.15) is 11.5 Å². The maximum Gasteiger partial charge on any atom is 0.305 e. The van der Waals surface area contributed by atoms with Crippen molar-refractivity contribution in [3.63, 3.8) is 0 Å². The molecule has 0 aromatic heterocycles. The number of hydrogen-bond acceptors (Lipinski definition) is 5. The fourth-order valence-electron chi connectivity index (χ4n) is 1.73. The van der Waals surface area contributed by atoms with E-state index in [1.54, 1.807) is 32.4 Å². The summed E-state index contributed by atoms with van der Waals surface area (Å²) < 4.78 is 15.3. The Balaban J connectivity index is 2.62. The molecule has 0 heterocycles. The summed E-state index contributed by atoms with van der Waals surface area (Å²) in [5.41, 5.74) is 0.657. The van der Waals surface area contributed by atoms with Crippen molar-refractivity contribution in [2.24, 2.45) is 0 Å². The lowest BCUT2D eigenvalue weighted by atomic mass is 10.0. The molecule has 0 radical (unpaired) electrons. The Labute approximate surface area is 119 Å². The van der Waals surface area contributed by atoms with E-state index in [4.69, 9.17) is 14.2 Å². The SMILES string of the molecule is CCCOC(=O)CCC(O)c1cc(OC)cc(OC)c1. The van der Waals surface area contributed by atoms with E-state index in [9.17, 15) is 9.90 Å². The molecule has 0 bridgehead atoms. The van der Waals surface area contributed by atoms with Crippen LogP contribution in [0.3, 0.4) is 0 Å². The van der Waals surface area contributed by atoms with Gasteiger partial charge in [-0.2, -0.15) is 0 Å². The molecule has 5 nitrogen and oxygen atoms in total. The summed E-state index contributed by atoms with van der Waals surface area (Å²) in [5.74, 6) is 0.916. The summed E-state index contributed by atoms with van der Waals surface area (Å²) in [5, 5.41) is 10.1. The van der Waals surface area contributed by atoms with E-state index in [0.717, 1.165) is 6.42 Å². The highest BCUT2D eigenvalue weighted by Crippen LogP contribution is 2.28. The van der Waals surface area contributed by atoms with Crippen LogP contribution >= 0.6 is 0 Å². The third kappa shape index (κ3) is 5.09. The number of carbonyl (C=O) groups excluding carboxylic acids is 1. The summed E-state index contributed by atoms with van der Waals surface area (Å²) in [7, 11) is 3.10. The third-order valence-corrected chi connectivity index (χ3v) is 2.85. The molecule has 0 fully saturated rings. The number of hydrogen-bond donors (Lipinski definition) is 1. The molecule has 0 aliphatic carbocycles. The quantitative estimate of drug-likeness (QED) is 0.742. The van der Waals surface area contributed by atoms with Crippen LogP contribution in [-0.2, 0) is 9.53 Å². The summed E-state index contributed by atoms with van der Waals surface area (Å²) in [6.45, 7) is 2.35. The van der Waals surface area contributed by atoms with Crippen LogP contribution < -0.4 is 9.47 Å². The van der Waals surface area contributed by atoms with Crippen molar-refractivity contribution in [1.29, 1.82) is 0 Å². The van der Waals surface area contributed by atoms with Gasteiger partial charge in [0.2, 0.25) is 0 Å². The summed E-state index contributed by atoms with van der Waals surface area (Å²) in [6, 6.07) is 5.18. The van der Waals surface area contributed by atoms with Crippen molar-refractivity contribution in [2.45, 2.75) is 32.3 Å². The van der Waals surface area contributed by atoms with Gasteiger partial charge in [0.15, 0.2) is 0 Å². The largest absolute Gasteiger partial charge is 0.497 e. The van der Waals surface area contributed by atoms with Gasteiger partial charge in [0, 0.05) is 12.5 Å². The molecule has 1 rings (SSSR count). The van der Waals surface area contributed by atoms with Crippen LogP contribution in [0, 0.1) is 0 Å². The van der Waals surface area contributed by atoms with Crippen LogP contribution in [0.25, 0.3) is 0 Å². The van der Waals surface area contributed by atoms with E-state index in [0.29, 0.717) is 30.1 Å². The first-order valence-electron chi connectivity index (χ1n) is 6.67. The zero-order valence-corrected chi connectivity index (χ0v) is 12.2. The van der Waals surface area contributed by atoms with E-state index >= 15 is 0 Å². The van der Waals surface area contributed by atoms with Crippen LogP contribution in [0.1, 0.15) is 37.9 Å². The second kappa shape index (κ2) is 8.43. The number of aliphatic hydroxyl groups is 1. The molecule has 0 amide bonds. The van der Waals surface area contributed by atoms with Gasteiger partial charge in [-0.05, 0) is 30.5 Å². The van der Waals surface area contributed by atoms with Crippen molar-refractivity contribution >= 4 is 5.97 Å². The minimum absolute atomic E-state index is 0.181. The van der Waals surface area contributed by atoms with Gasteiger partial charge in [-0.15, -0.1) is 0 Å². The standard InChI is InChI=1S/C15H22O5/c1-4-7-20-15(17)6-5-14(16)11-8-12(18-2)10-13(9-11)19-3/h8-10,14,16H,4-7H2,1-3H3. The molecule has 1 N–H and O–H groups in total. The molecule has 1 aromatic carbocycles. The number of esters is 1. The van der Waals surface area contributed by atoms with Crippen molar-refractivity contribution in [3.8, 4) is 11.5 Å². The molecule has 0 saturated heterocycles. The fraction of sp³-hybridized carbons (Fsp3) is 0.533. The summed E-state index contributed by atoms with van der Waals surface area (Å²) in [6.07, 6.45) is 0.522. The number of ether oxygens (including phenoxy) is 3. The van der Waals surface area contributed by atoms with Crippen molar-refractivity contribution < 1.29 is 24.1 Å². The molecule has 1 atom stereocenters. The van der Waals surface area contributed by atoms with E-state index < -0.39 is 6.10 Å². The van der Waals surface area contributed by atoms with Gasteiger partial charge in [-0.1, -0.05) is 6.92 Å². The van der Waals surface area contributed by atoms with Crippen LogP contribution in [0.15, 0.2) is 18.2 Å². The Bertz CT molecular complexity index is 408. The molecule has 5 heteroatoms. The topological polar surface area (TPSA) is 65.0 Å². The van der Waals surface area contributed by atoms with Gasteiger partial charge in [-0.25, -0.2) is 0 Å². The summed E-state index contributed by atoms with van der Waals surface area (Å²) in [4.78, 5) is 11.4. The van der Waals surface area contributed by atoms with Crippen molar-refractivity contribution in [1.82, 2.24) is 0 Å². The average molecular weight is 282 g/mol. The first kappa shape index (κ1) is 16.3. The van der Waals surface area contributed by atoms with E-state index in [1.165, 1.54) is 0 Å². The van der Waals surface area contributed by atoms with Crippen molar-refractivity contribution in [2.75, 3.05) is 20.8 Å². The third-order valence-electron chi connectivity index (χ3n) is 2.85. The number of rotatable bonds is 8. The molecular weight excluding hydrogens is 260 g/mol. The lowest BCUT2D eigenvalue weighted by Crippen LogP contribution is -2.08. The minimum Gasteiger partial charge on any atom is -0.497 e. The Morgan fingerprint density at radius 3 is 2.30 bits per heavy atom. The molecule has 20 heavy (non-hydrogen) atoms.